The molecule has 8 heteroatoms. The molecule has 1 radical (unpaired) electrons. The van der Waals surface area contributed by atoms with Crippen molar-refractivity contribution in [2.75, 3.05) is 34.0 Å². The molecule has 0 aromatic rings. The Morgan fingerprint density at radius 1 is 0.684 bits per heavy atom. The number of amides is 1. The molecule has 0 aliphatic heterocycles. The maximum absolute atomic E-state index is 12.6. The summed E-state index contributed by atoms with van der Waals surface area (Å²) in [6, 6.07) is 0. The number of nitrogens with zero attached hydrogens (tertiary/aromatic N) is 1. The van der Waals surface area contributed by atoms with Gasteiger partial charge in [-0.3, -0.25) is 19.3 Å². The second-order valence-corrected chi connectivity index (χ2v) is 14.6. The Labute approximate surface area is 246 Å². The molecular weight excluding hydrogens is 519 g/mol. The third-order valence-electron chi connectivity index (χ3n) is 6.50. The molecule has 0 aliphatic rings. The molecule has 0 saturated heterocycles. The molecule has 0 heterocycles. The van der Waals surface area contributed by atoms with E-state index in [-0.39, 0.29) is 52.6 Å². The van der Waals surface area contributed by atoms with Crippen LogP contribution in [-0.2, 0) is 42.4 Å². The molecule has 0 spiro atoms. The molecule has 1 unspecified atom stereocenters. The van der Waals surface area contributed by atoms with Crippen LogP contribution in [0.25, 0.3) is 0 Å². The second kappa shape index (κ2) is 16.9. The number of rotatable bonds is 12. The number of nitrogens with one attached hydrogen (secondary N) is 1. The third-order valence-corrected chi connectivity index (χ3v) is 6.50. The molecule has 7 nitrogen and oxygen atoms in total. The van der Waals surface area contributed by atoms with Crippen LogP contribution >= 0.6 is 0 Å². The third kappa shape index (κ3) is 18.3. The van der Waals surface area contributed by atoms with E-state index in [1.165, 1.54) is 0 Å². The fraction of sp³-hybridized carbons (Fsp3) is 0.900. The van der Waals surface area contributed by atoms with Crippen molar-refractivity contribution in [3.8, 4) is 0 Å². The van der Waals surface area contributed by atoms with Gasteiger partial charge >= 0.3 is 11.9 Å². The molecule has 0 saturated carbocycles. The molecule has 0 rings (SSSR count). The van der Waals surface area contributed by atoms with E-state index in [0.29, 0.717) is 39.1 Å². The van der Waals surface area contributed by atoms with Crippen molar-refractivity contribution < 1.29 is 42.4 Å². The number of esters is 2. The van der Waals surface area contributed by atoms with E-state index in [0.717, 1.165) is 6.42 Å². The van der Waals surface area contributed by atoms with E-state index in [9.17, 15) is 14.4 Å². The molecule has 1 amide bonds. The first kappa shape index (κ1) is 41.4. The van der Waals surface area contributed by atoms with Crippen LogP contribution in [0.2, 0.25) is 0 Å². The van der Waals surface area contributed by atoms with Crippen LogP contribution in [0.4, 0.5) is 0 Å². The Morgan fingerprint density at radius 2 is 1.18 bits per heavy atom. The van der Waals surface area contributed by atoms with Crippen LogP contribution in [0.5, 0.6) is 0 Å². The largest absolute Gasteiger partial charge is 0.465 e. The first-order chi connectivity index (χ1) is 16.4. The first-order valence-electron chi connectivity index (χ1n) is 13.7. The van der Waals surface area contributed by atoms with Gasteiger partial charge in [-0.15, -0.1) is 0 Å². The van der Waals surface area contributed by atoms with E-state index in [1.54, 1.807) is 0 Å². The fourth-order valence-corrected chi connectivity index (χ4v) is 2.69. The van der Waals surface area contributed by atoms with Crippen LogP contribution in [0.1, 0.15) is 116 Å². The average molecular weight is 580 g/mol. The quantitative estimate of drug-likeness (QED) is 0.212. The smallest absolute Gasteiger partial charge is 0.312 e. The summed E-state index contributed by atoms with van der Waals surface area (Å²) >= 11 is 0. The molecule has 225 valence electrons. The Kier molecular flexibility index (Phi) is 18.4. The molecule has 0 aliphatic carbocycles. The number of ether oxygens (including phenoxy) is 2. The number of hydrogen-bond acceptors (Lipinski definition) is 6. The molecule has 0 bridgehead atoms. The Balaban J connectivity index is -0.000000794. The number of carbonyl (C=O) groups is 3. The van der Waals surface area contributed by atoms with Crippen molar-refractivity contribution in [2.45, 2.75) is 116 Å². The maximum atomic E-state index is 12.6. The van der Waals surface area contributed by atoms with Gasteiger partial charge in [-0.2, -0.15) is 0 Å². The molecule has 1 atom stereocenters. The summed E-state index contributed by atoms with van der Waals surface area (Å²) in [6.45, 7) is 27.5. The average Bonchev–Trinajstić information content (AvgIpc) is 2.76. The molecule has 0 aromatic carbocycles. The van der Waals surface area contributed by atoms with Crippen molar-refractivity contribution in [3.05, 3.63) is 0 Å². The van der Waals surface area contributed by atoms with Gasteiger partial charge in [0, 0.05) is 30.5 Å². The zero-order chi connectivity index (χ0) is 29.9. The van der Waals surface area contributed by atoms with Crippen molar-refractivity contribution in [2.24, 2.45) is 27.1 Å². The number of hydrogen-bond donors (Lipinski definition) is 1. The summed E-state index contributed by atoms with van der Waals surface area (Å²) < 4.78 is 10.6. The van der Waals surface area contributed by atoms with E-state index < -0.39 is 10.8 Å². The Bertz CT molecular complexity index is 721. The summed E-state index contributed by atoms with van der Waals surface area (Å²) in [5.41, 5.74) is -1.40. The van der Waals surface area contributed by atoms with Crippen molar-refractivity contribution in [3.63, 3.8) is 0 Å². The normalized spacial score (nSPS) is 13.9. The minimum absolute atomic E-state index is 0. The summed E-state index contributed by atoms with van der Waals surface area (Å²) in [5, 5.41) is 3.04. The van der Waals surface area contributed by atoms with Crippen molar-refractivity contribution >= 4 is 17.8 Å². The molecule has 38 heavy (non-hydrogen) atoms. The van der Waals surface area contributed by atoms with Crippen LogP contribution < -0.4 is 5.32 Å². The van der Waals surface area contributed by atoms with E-state index in [1.807, 2.05) is 88.2 Å². The zero-order valence-corrected chi connectivity index (χ0v) is 28.8. The standard InChI is InChI=1S/C21H41NO3.C9H19NO2.V/c1-11-21(10,17(24)25-15-19(5,6)7)13-12-20(8,9)16(23)22-14-18(2,3)4;1-6-9(2,3)8(11)12-7-10(4)5;/h11-15H2,1-10H3,(H,22,23);6-7H2,1-5H3;. The minimum Gasteiger partial charge on any atom is -0.465 e. The van der Waals surface area contributed by atoms with Crippen LogP contribution in [-0.4, -0.2) is 56.7 Å². The molecular formula is C30H60N2O5V. The van der Waals surface area contributed by atoms with Gasteiger partial charge in [0.2, 0.25) is 5.91 Å². The Morgan fingerprint density at radius 3 is 1.55 bits per heavy atom. The van der Waals surface area contributed by atoms with Gasteiger partial charge in [0.05, 0.1) is 17.4 Å². The first-order valence-corrected chi connectivity index (χ1v) is 13.7. The van der Waals surface area contributed by atoms with Crippen molar-refractivity contribution in [1.29, 1.82) is 0 Å². The van der Waals surface area contributed by atoms with Crippen LogP contribution in [0.15, 0.2) is 0 Å². The van der Waals surface area contributed by atoms with Gasteiger partial charge in [0.25, 0.3) is 0 Å². The van der Waals surface area contributed by atoms with E-state index in [2.05, 4.69) is 26.1 Å². The molecule has 0 fully saturated rings. The predicted molar refractivity (Wildman–Crippen MR) is 153 cm³/mol. The van der Waals surface area contributed by atoms with Gasteiger partial charge in [-0.1, -0.05) is 69.2 Å². The van der Waals surface area contributed by atoms with Crippen LogP contribution in [0.3, 0.4) is 0 Å². The summed E-state index contributed by atoms with van der Waals surface area (Å²) in [5.74, 6) is -0.238. The van der Waals surface area contributed by atoms with E-state index >= 15 is 0 Å². The van der Waals surface area contributed by atoms with Gasteiger partial charge in [0.1, 0.15) is 6.73 Å². The topological polar surface area (TPSA) is 84.9 Å². The van der Waals surface area contributed by atoms with Gasteiger partial charge < -0.3 is 14.8 Å². The zero-order valence-electron chi connectivity index (χ0n) is 27.4. The minimum atomic E-state index is -0.549. The maximum Gasteiger partial charge on any atom is 0.312 e. The molecule has 0 aromatic heterocycles. The second-order valence-electron chi connectivity index (χ2n) is 14.6. The summed E-state index contributed by atoms with van der Waals surface area (Å²) in [7, 11) is 3.73. The van der Waals surface area contributed by atoms with Gasteiger partial charge in [-0.25, -0.2) is 0 Å². The van der Waals surface area contributed by atoms with Crippen LogP contribution in [0, 0.1) is 27.1 Å². The number of carbonyl (C=O) groups excluding carboxylic acids is 3. The fourth-order valence-electron chi connectivity index (χ4n) is 2.69. The van der Waals surface area contributed by atoms with Gasteiger partial charge in [0.15, 0.2) is 0 Å². The van der Waals surface area contributed by atoms with Crippen molar-refractivity contribution in [1.82, 2.24) is 10.2 Å². The Hall–Kier alpha value is -1.05. The summed E-state index contributed by atoms with van der Waals surface area (Å²) in [4.78, 5) is 38.3. The monoisotopic (exact) mass is 579 g/mol. The predicted octanol–water partition coefficient (Wildman–Crippen LogP) is 6.44. The summed E-state index contributed by atoms with van der Waals surface area (Å²) in [6.07, 6.45) is 2.80. The van der Waals surface area contributed by atoms with Gasteiger partial charge in [-0.05, 0) is 71.4 Å². The molecule has 1 N–H and O–H groups in total. The van der Waals surface area contributed by atoms with E-state index in [4.69, 9.17) is 9.47 Å². The SMILES string of the molecule is CCC(C)(C)C(=O)OCN(C)C.CCC(C)(CCC(C)(C)C(=O)NCC(C)(C)C)C(=O)OCC(C)(C)C.[V].